The third kappa shape index (κ3) is 2.31. The molecule has 2 heteroatoms. The van der Waals surface area contributed by atoms with E-state index in [4.69, 9.17) is 11.6 Å². The minimum absolute atomic E-state index is 0.0233. The van der Waals surface area contributed by atoms with E-state index < -0.39 is 0 Å². The fourth-order valence-corrected chi connectivity index (χ4v) is 1.63. The van der Waals surface area contributed by atoms with Crippen LogP contribution in [-0.2, 0) is 5.88 Å². The Morgan fingerprint density at radius 2 is 1.56 bits per heavy atom. The van der Waals surface area contributed by atoms with E-state index in [0.29, 0.717) is 17.0 Å². The molecule has 0 atom stereocenters. The zero-order valence-corrected chi connectivity index (χ0v) is 9.37. The lowest BCUT2D eigenvalue weighted by Gasteiger charge is -2.01. The molecule has 0 bridgehead atoms. The van der Waals surface area contributed by atoms with Crippen molar-refractivity contribution in [3.63, 3.8) is 0 Å². The number of hydrogen-bond acceptors (Lipinski definition) is 1. The van der Waals surface area contributed by atoms with E-state index in [-0.39, 0.29) is 5.78 Å². The Bertz CT molecular complexity index is 474. The highest BCUT2D eigenvalue weighted by Crippen LogP contribution is 2.11. The smallest absolute Gasteiger partial charge is 0.193 e. The second-order valence-electron chi connectivity index (χ2n) is 3.45. The highest BCUT2D eigenvalue weighted by atomic mass is 35.5. The van der Waals surface area contributed by atoms with Crippen molar-refractivity contribution in [2.24, 2.45) is 0 Å². The van der Waals surface area contributed by atoms with Gasteiger partial charge in [0.1, 0.15) is 0 Å². The van der Waals surface area contributed by atoms with E-state index in [0.717, 1.165) is 5.56 Å². The molecular weight excluding hydrogens is 220 g/mol. The molecule has 1 nitrogen and oxygen atoms in total. The molecule has 0 unspecified atom stereocenters. The predicted octanol–water partition coefficient (Wildman–Crippen LogP) is 3.46. The molecule has 79 valence electrons. The van der Waals surface area contributed by atoms with Gasteiger partial charge in [-0.3, -0.25) is 4.79 Å². The monoisotopic (exact) mass is 229 g/mol. The Balaban J connectivity index is 2.28. The van der Waals surface area contributed by atoms with E-state index in [2.05, 4.69) is 6.07 Å². The summed E-state index contributed by atoms with van der Waals surface area (Å²) in [6, 6.07) is 17.2. The van der Waals surface area contributed by atoms with Crippen LogP contribution in [0.2, 0.25) is 0 Å². The van der Waals surface area contributed by atoms with Crippen molar-refractivity contribution in [2.75, 3.05) is 0 Å². The molecular formula is C14H10ClO. The molecule has 2 aromatic carbocycles. The second kappa shape index (κ2) is 4.95. The van der Waals surface area contributed by atoms with Gasteiger partial charge in [-0.25, -0.2) is 0 Å². The minimum Gasteiger partial charge on any atom is -0.289 e. The largest absolute Gasteiger partial charge is 0.289 e. The molecule has 0 amide bonds. The Morgan fingerprint density at radius 1 is 1.00 bits per heavy atom. The summed E-state index contributed by atoms with van der Waals surface area (Å²) in [7, 11) is 0. The van der Waals surface area contributed by atoms with Crippen LogP contribution in [0.1, 0.15) is 21.5 Å². The molecule has 2 aromatic rings. The molecule has 0 N–H and O–H groups in total. The van der Waals surface area contributed by atoms with Crippen molar-refractivity contribution < 1.29 is 4.79 Å². The number of carbonyl (C=O) groups is 1. The normalized spacial score (nSPS) is 10.1. The topological polar surface area (TPSA) is 17.1 Å². The Labute approximate surface area is 99.7 Å². The number of halogens is 1. The zero-order valence-electron chi connectivity index (χ0n) is 8.61. The quantitative estimate of drug-likeness (QED) is 0.582. The van der Waals surface area contributed by atoms with Crippen LogP contribution in [0.4, 0.5) is 0 Å². The van der Waals surface area contributed by atoms with Crippen molar-refractivity contribution in [3.05, 3.63) is 71.3 Å². The molecule has 1 radical (unpaired) electrons. The Morgan fingerprint density at radius 3 is 2.12 bits per heavy atom. The van der Waals surface area contributed by atoms with Crippen molar-refractivity contribution >= 4 is 17.4 Å². The molecule has 2 rings (SSSR count). The molecule has 0 aliphatic carbocycles. The van der Waals surface area contributed by atoms with Gasteiger partial charge in [0.25, 0.3) is 0 Å². The van der Waals surface area contributed by atoms with Crippen LogP contribution >= 0.6 is 11.6 Å². The summed E-state index contributed by atoms with van der Waals surface area (Å²) in [5.41, 5.74) is 2.37. The first kappa shape index (κ1) is 10.9. The highest BCUT2D eigenvalue weighted by Gasteiger charge is 2.07. The van der Waals surface area contributed by atoms with Crippen LogP contribution < -0.4 is 0 Å². The lowest BCUT2D eigenvalue weighted by molar-refractivity contribution is 0.103. The molecule has 16 heavy (non-hydrogen) atoms. The summed E-state index contributed by atoms with van der Waals surface area (Å²) in [5, 5.41) is 0. The Hall–Kier alpha value is -1.60. The van der Waals surface area contributed by atoms with Crippen molar-refractivity contribution in [3.8, 4) is 0 Å². The molecule has 0 aliphatic heterocycles. The van der Waals surface area contributed by atoms with Crippen LogP contribution in [0.15, 0.2) is 48.5 Å². The molecule has 0 fully saturated rings. The van der Waals surface area contributed by atoms with Crippen LogP contribution in [0.5, 0.6) is 0 Å². The predicted molar refractivity (Wildman–Crippen MR) is 64.7 cm³/mol. The summed E-state index contributed by atoms with van der Waals surface area (Å²) in [6.45, 7) is 0. The summed E-state index contributed by atoms with van der Waals surface area (Å²) < 4.78 is 0. The summed E-state index contributed by atoms with van der Waals surface area (Å²) in [5.74, 6) is 0.490. The van der Waals surface area contributed by atoms with Crippen LogP contribution in [0.3, 0.4) is 0 Å². The van der Waals surface area contributed by atoms with Crippen molar-refractivity contribution in [1.29, 1.82) is 0 Å². The van der Waals surface area contributed by atoms with Gasteiger partial charge in [-0.15, -0.1) is 11.6 Å². The molecule has 0 aromatic heterocycles. The number of carbonyl (C=O) groups excluding carboxylic acids is 1. The first-order chi connectivity index (χ1) is 7.81. The van der Waals surface area contributed by atoms with E-state index in [1.807, 2.05) is 12.1 Å². The second-order valence-corrected chi connectivity index (χ2v) is 3.72. The fourth-order valence-electron chi connectivity index (χ4n) is 1.45. The number of hydrogen-bond donors (Lipinski definition) is 0. The first-order valence-corrected chi connectivity index (χ1v) is 5.50. The first-order valence-electron chi connectivity index (χ1n) is 4.97. The number of ketones is 1. The molecule has 0 aliphatic rings. The van der Waals surface area contributed by atoms with Gasteiger partial charge in [-0.05, 0) is 11.6 Å². The number of benzene rings is 2. The fraction of sp³-hybridized carbons (Fsp3) is 0.0714. The SMILES string of the molecule is O=C(c1cc[c]cc1)c1ccc(CCl)cc1. The van der Waals surface area contributed by atoms with Crippen LogP contribution in [0, 0.1) is 6.07 Å². The standard InChI is InChI=1S/C14H10ClO/c15-10-11-6-8-13(9-7-11)14(16)12-4-2-1-3-5-12/h2-9H,10H2. The summed E-state index contributed by atoms with van der Waals surface area (Å²) in [4.78, 5) is 12.0. The molecule has 0 saturated carbocycles. The van der Waals surface area contributed by atoms with Gasteiger partial charge in [0, 0.05) is 17.0 Å². The van der Waals surface area contributed by atoms with Gasteiger partial charge >= 0.3 is 0 Å². The maximum absolute atomic E-state index is 12.0. The van der Waals surface area contributed by atoms with Crippen molar-refractivity contribution in [2.45, 2.75) is 5.88 Å². The number of alkyl halides is 1. The highest BCUT2D eigenvalue weighted by molar-refractivity contribution is 6.17. The maximum Gasteiger partial charge on any atom is 0.193 e. The van der Waals surface area contributed by atoms with E-state index in [1.165, 1.54) is 0 Å². The lowest BCUT2D eigenvalue weighted by atomic mass is 10.0. The van der Waals surface area contributed by atoms with Gasteiger partial charge in [-0.2, -0.15) is 0 Å². The van der Waals surface area contributed by atoms with Gasteiger partial charge < -0.3 is 0 Å². The zero-order chi connectivity index (χ0) is 11.4. The van der Waals surface area contributed by atoms with Crippen LogP contribution in [-0.4, -0.2) is 5.78 Å². The molecule has 0 spiro atoms. The molecule has 0 saturated heterocycles. The van der Waals surface area contributed by atoms with E-state index in [1.54, 1.807) is 36.4 Å². The van der Waals surface area contributed by atoms with Gasteiger partial charge in [-0.1, -0.05) is 48.5 Å². The third-order valence-electron chi connectivity index (χ3n) is 2.35. The summed E-state index contributed by atoms with van der Waals surface area (Å²) >= 11 is 5.69. The average Bonchev–Trinajstić information content (AvgIpc) is 2.39. The van der Waals surface area contributed by atoms with Gasteiger partial charge in [0.2, 0.25) is 0 Å². The minimum atomic E-state index is 0.0233. The molecule has 0 heterocycles. The Kier molecular flexibility index (Phi) is 3.37. The average molecular weight is 230 g/mol. The lowest BCUT2D eigenvalue weighted by Crippen LogP contribution is -2.00. The number of rotatable bonds is 3. The maximum atomic E-state index is 12.0. The van der Waals surface area contributed by atoms with Gasteiger partial charge in [0.15, 0.2) is 5.78 Å². The summed E-state index contributed by atoms with van der Waals surface area (Å²) in [6.07, 6.45) is 0. The van der Waals surface area contributed by atoms with Gasteiger partial charge in [0.05, 0.1) is 0 Å². The third-order valence-corrected chi connectivity index (χ3v) is 2.66. The van der Waals surface area contributed by atoms with E-state index >= 15 is 0 Å². The van der Waals surface area contributed by atoms with E-state index in [9.17, 15) is 4.79 Å². The van der Waals surface area contributed by atoms with Crippen molar-refractivity contribution in [1.82, 2.24) is 0 Å². The van der Waals surface area contributed by atoms with Crippen LogP contribution in [0.25, 0.3) is 0 Å².